The number of carbonyl (C=O) groups excluding carboxylic acids is 1. The highest BCUT2D eigenvalue weighted by molar-refractivity contribution is 5.85. The standard InChI is InChI=1S/C15H18N2O/c1-2-15(18)16-10-7-8-14-12(9-10)11-5-3-4-6-13(11)17-14/h3-6,10,17H,2,7-9H2,1H3,(H,16,18). The molecular weight excluding hydrogens is 224 g/mol. The van der Waals surface area contributed by atoms with Gasteiger partial charge in [0.1, 0.15) is 0 Å². The average molecular weight is 242 g/mol. The predicted molar refractivity (Wildman–Crippen MR) is 72.5 cm³/mol. The van der Waals surface area contributed by atoms with E-state index >= 15 is 0 Å². The van der Waals surface area contributed by atoms with Gasteiger partial charge in [-0.1, -0.05) is 25.1 Å². The van der Waals surface area contributed by atoms with Crippen molar-refractivity contribution in [3.63, 3.8) is 0 Å². The summed E-state index contributed by atoms with van der Waals surface area (Å²) >= 11 is 0. The van der Waals surface area contributed by atoms with Crippen molar-refractivity contribution in [2.24, 2.45) is 0 Å². The molecule has 1 atom stereocenters. The number of para-hydroxylation sites is 1. The van der Waals surface area contributed by atoms with Crippen molar-refractivity contribution in [2.45, 2.75) is 38.6 Å². The number of benzene rings is 1. The highest BCUT2D eigenvalue weighted by Gasteiger charge is 2.22. The number of amides is 1. The van der Waals surface area contributed by atoms with Gasteiger partial charge in [0, 0.05) is 29.1 Å². The van der Waals surface area contributed by atoms with Crippen molar-refractivity contribution in [3.8, 4) is 0 Å². The van der Waals surface area contributed by atoms with Crippen molar-refractivity contribution in [1.82, 2.24) is 10.3 Å². The molecular formula is C15H18N2O. The molecule has 1 unspecified atom stereocenters. The molecule has 0 saturated carbocycles. The monoisotopic (exact) mass is 242 g/mol. The summed E-state index contributed by atoms with van der Waals surface area (Å²) in [5.74, 6) is 0.156. The molecule has 1 aromatic carbocycles. The summed E-state index contributed by atoms with van der Waals surface area (Å²) in [5.41, 5.74) is 3.95. The number of carbonyl (C=O) groups is 1. The first kappa shape index (κ1) is 11.3. The number of hydrogen-bond acceptors (Lipinski definition) is 1. The molecule has 0 spiro atoms. The minimum atomic E-state index is 0.156. The number of aryl methyl sites for hydroxylation is 1. The lowest BCUT2D eigenvalue weighted by Gasteiger charge is -2.23. The van der Waals surface area contributed by atoms with E-state index in [-0.39, 0.29) is 5.91 Å². The normalized spacial score (nSPS) is 18.6. The minimum Gasteiger partial charge on any atom is -0.358 e. The molecule has 2 N–H and O–H groups in total. The Balaban J connectivity index is 1.89. The topological polar surface area (TPSA) is 44.9 Å². The van der Waals surface area contributed by atoms with Crippen LogP contribution in [0.1, 0.15) is 31.0 Å². The summed E-state index contributed by atoms with van der Waals surface area (Å²) in [6.07, 6.45) is 3.58. The smallest absolute Gasteiger partial charge is 0.219 e. The van der Waals surface area contributed by atoms with Crippen LogP contribution in [0.25, 0.3) is 10.9 Å². The van der Waals surface area contributed by atoms with Crippen LogP contribution in [0.15, 0.2) is 24.3 Å². The van der Waals surface area contributed by atoms with Crippen LogP contribution < -0.4 is 5.32 Å². The van der Waals surface area contributed by atoms with Gasteiger partial charge in [0.15, 0.2) is 0 Å². The SMILES string of the molecule is CCC(=O)NC1CCc2[nH]c3ccccc3c2C1. The van der Waals surface area contributed by atoms with E-state index in [0.29, 0.717) is 12.5 Å². The molecule has 94 valence electrons. The molecule has 1 amide bonds. The zero-order chi connectivity index (χ0) is 12.5. The third kappa shape index (κ3) is 1.90. The average Bonchev–Trinajstić information content (AvgIpc) is 2.77. The number of aromatic nitrogens is 1. The van der Waals surface area contributed by atoms with Gasteiger partial charge in [-0.15, -0.1) is 0 Å². The van der Waals surface area contributed by atoms with Crippen molar-refractivity contribution in [3.05, 3.63) is 35.5 Å². The molecule has 1 aliphatic rings. The van der Waals surface area contributed by atoms with Crippen molar-refractivity contribution in [1.29, 1.82) is 0 Å². The van der Waals surface area contributed by atoms with Crippen molar-refractivity contribution in [2.75, 3.05) is 0 Å². The summed E-state index contributed by atoms with van der Waals surface area (Å²) in [5, 5.41) is 4.42. The van der Waals surface area contributed by atoms with Gasteiger partial charge in [0.2, 0.25) is 5.91 Å². The molecule has 0 fully saturated rings. The Labute approximate surface area is 107 Å². The van der Waals surface area contributed by atoms with Crippen LogP contribution in [0.2, 0.25) is 0 Å². The zero-order valence-electron chi connectivity index (χ0n) is 10.6. The van der Waals surface area contributed by atoms with E-state index in [0.717, 1.165) is 19.3 Å². The third-order valence-electron chi connectivity index (χ3n) is 3.78. The second-order valence-corrected chi connectivity index (χ2v) is 4.99. The van der Waals surface area contributed by atoms with E-state index in [2.05, 4.69) is 34.6 Å². The van der Waals surface area contributed by atoms with Gasteiger partial charge in [-0.05, 0) is 30.9 Å². The Morgan fingerprint density at radius 2 is 2.28 bits per heavy atom. The Morgan fingerprint density at radius 3 is 3.11 bits per heavy atom. The van der Waals surface area contributed by atoms with Gasteiger partial charge in [-0.3, -0.25) is 4.79 Å². The number of hydrogen-bond donors (Lipinski definition) is 2. The molecule has 2 aromatic rings. The van der Waals surface area contributed by atoms with Gasteiger partial charge >= 0.3 is 0 Å². The molecule has 0 saturated heterocycles. The maximum atomic E-state index is 11.5. The Hall–Kier alpha value is -1.77. The molecule has 0 bridgehead atoms. The van der Waals surface area contributed by atoms with E-state index in [1.165, 1.54) is 22.2 Å². The molecule has 1 aliphatic carbocycles. The van der Waals surface area contributed by atoms with Crippen molar-refractivity contribution >= 4 is 16.8 Å². The number of aromatic amines is 1. The molecule has 3 rings (SSSR count). The maximum absolute atomic E-state index is 11.5. The first-order valence-corrected chi connectivity index (χ1v) is 6.65. The van der Waals surface area contributed by atoms with Gasteiger partial charge in [-0.2, -0.15) is 0 Å². The lowest BCUT2D eigenvalue weighted by Crippen LogP contribution is -2.38. The lowest BCUT2D eigenvalue weighted by atomic mass is 9.91. The van der Waals surface area contributed by atoms with Gasteiger partial charge < -0.3 is 10.3 Å². The molecule has 18 heavy (non-hydrogen) atoms. The van der Waals surface area contributed by atoms with Crippen LogP contribution in [0.5, 0.6) is 0 Å². The Kier molecular flexibility index (Phi) is 2.82. The van der Waals surface area contributed by atoms with Crippen LogP contribution in [0.4, 0.5) is 0 Å². The fourth-order valence-corrected chi connectivity index (χ4v) is 2.82. The molecule has 0 radical (unpaired) electrons. The van der Waals surface area contributed by atoms with Gasteiger partial charge in [0.05, 0.1) is 0 Å². The maximum Gasteiger partial charge on any atom is 0.219 e. The molecule has 1 heterocycles. The first-order valence-electron chi connectivity index (χ1n) is 6.65. The highest BCUT2D eigenvalue weighted by Crippen LogP contribution is 2.28. The number of H-pyrrole nitrogens is 1. The van der Waals surface area contributed by atoms with E-state index < -0.39 is 0 Å². The first-order chi connectivity index (χ1) is 8.78. The third-order valence-corrected chi connectivity index (χ3v) is 3.78. The van der Waals surface area contributed by atoms with Crippen LogP contribution in [-0.2, 0) is 17.6 Å². The largest absolute Gasteiger partial charge is 0.358 e. The second-order valence-electron chi connectivity index (χ2n) is 4.99. The van der Waals surface area contributed by atoms with E-state index in [4.69, 9.17) is 0 Å². The van der Waals surface area contributed by atoms with Gasteiger partial charge in [0.25, 0.3) is 0 Å². The quantitative estimate of drug-likeness (QED) is 0.835. The summed E-state index contributed by atoms with van der Waals surface area (Å²) in [6, 6.07) is 8.71. The zero-order valence-corrected chi connectivity index (χ0v) is 10.6. The summed E-state index contributed by atoms with van der Waals surface area (Å²) < 4.78 is 0. The van der Waals surface area contributed by atoms with Crippen LogP contribution in [0, 0.1) is 0 Å². The summed E-state index contributed by atoms with van der Waals surface area (Å²) in [7, 11) is 0. The van der Waals surface area contributed by atoms with Crippen LogP contribution in [0.3, 0.4) is 0 Å². The molecule has 3 nitrogen and oxygen atoms in total. The van der Waals surface area contributed by atoms with E-state index in [1.54, 1.807) is 0 Å². The van der Waals surface area contributed by atoms with E-state index in [9.17, 15) is 4.79 Å². The fourth-order valence-electron chi connectivity index (χ4n) is 2.82. The van der Waals surface area contributed by atoms with Crippen LogP contribution >= 0.6 is 0 Å². The second kappa shape index (κ2) is 4.48. The molecule has 3 heteroatoms. The lowest BCUT2D eigenvalue weighted by molar-refractivity contribution is -0.121. The highest BCUT2D eigenvalue weighted by atomic mass is 16.1. The van der Waals surface area contributed by atoms with E-state index in [1.807, 2.05) is 6.92 Å². The van der Waals surface area contributed by atoms with Crippen molar-refractivity contribution < 1.29 is 4.79 Å². The Morgan fingerprint density at radius 1 is 1.44 bits per heavy atom. The Bertz CT molecular complexity index is 585. The molecule has 1 aromatic heterocycles. The van der Waals surface area contributed by atoms with Gasteiger partial charge in [-0.25, -0.2) is 0 Å². The predicted octanol–water partition coefficient (Wildman–Crippen LogP) is 2.55. The fraction of sp³-hybridized carbons (Fsp3) is 0.400. The summed E-state index contributed by atoms with van der Waals surface area (Å²) in [6.45, 7) is 1.90. The number of rotatable bonds is 2. The summed E-state index contributed by atoms with van der Waals surface area (Å²) in [4.78, 5) is 15.0. The number of nitrogens with one attached hydrogen (secondary N) is 2. The van der Waals surface area contributed by atoms with Crippen LogP contribution in [-0.4, -0.2) is 16.9 Å². The number of fused-ring (bicyclic) bond motifs is 3. The minimum absolute atomic E-state index is 0.156. The molecule has 0 aliphatic heterocycles.